The fourth-order valence-corrected chi connectivity index (χ4v) is 3.36. The van der Waals surface area contributed by atoms with Crippen LogP contribution in [0.5, 0.6) is 0 Å². The summed E-state index contributed by atoms with van der Waals surface area (Å²) < 4.78 is 58.7. The quantitative estimate of drug-likeness (QED) is 0.610. The molecule has 2 heterocycles. The Balaban J connectivity index is 1.52. The molecule has 1 unspecified atom stereocenters. The fraction of sp³-hybridized carbons (Fsp3) is 0.250. The van der Waals surface area contributed by atoms with E-state index in [9.17, 15) is 22.4 Å². The molecule has 1 aliphatic rings. The summed E-state index contributed by atoms with van der Waals surface area (Å²) in [6, 6.07) is 6.03. The van der Waals surface area contributed by atoms with E-state index in [1.807, 2.05) is 0 Å². The molecule has 1 fully saturated rings. The lowest BCUT2D eigenvalue weighted by Crippen LogP contribution is -2.39. The molecule has 5 nitrogen and oxygen atoms in total. The Morgan fingerprint density at radius 1 is 1.03 bits per heavy atom. The second-order valence-electron chi connectivity index (χ2n) is 6.80. The van der Waals surface area contributed by atoms with Crippen LogP contribution in [0.25, 0.3) is 11.5 Å². The van der Waals surface area contributed by atoms with E-state index in [0.717, 1.165) is 24.3 Å². The van der Waals surface area contributed by atoms with Crippen molar-refractivity contribution in [3.8, 4) is 11.5 Å². The molecule has 1 aromatic heterocycles. The maximum absolute atomic E-state index is 13.9. The van der Waals surface area contributed by atoms with E-state index >= 15 is 0 Å². The maximum Gasteiger partial charge on any atom is 0.260 e. The third kappa shape index (κ3) is 3.85. The number of benzene rings is 2. The predicted molar refractivity (Wildman–Crippen MR) is 93.9 cm³/mol. The highest BCUT2D eigenvalue weighted by molar-refractivity contribution is 5.94. The fourth-order valence-electron chi connectivity index (χ4n) is 3.36. The topological polar surface area (TPSA) is 59.2 Å². The summed E-state index contributed by atoms with van der Waals surface area (Å²) in [5, 5.41) is 3.88. The molecule has 0 bridgehead atoms. The highest BCUT2D eigenvalue weighted by atomic mass is 19.2. The van der Waals surface area contributed by atoms with Crippen molar-refractivity contribution in [2.45, 2.75) is 18.8 Å². The van der Waals surface area contributed by atoms with Crippen LogP contribution < -0.4 is 0 Å². The van der Waals surface area contributed by atoms with E-state index < -0.39 is 29.2 Å². The SMILES string of the molecule is O=C(c1ccc(F)c(F)c1)N1CCCC(c2noc(-c3ccc(F)cc3F)n2)C1. The molecule has 0 spiro atoms. The average molecular weight is 405 g/mol. The van der Waals surface area contributed by atoms with Crippen molar-refractivity contribution in [2.75, 3.05) is 13.1 Å². The Labute approximate surface area is 162 Å². The number of carbonyl (C=O) groups excluding carboxylic acids is 1. The molecule has 0 saturated carbocycles. The van der Waals surface area contributed by atoms with E-state index in [0.29, 0.717) is 25.2 Å². The minimum Gasteiger partial charge on any atom is -0.338 e. The zero-order chi connectivity index (χ0) is 20.5. The van der Waals surface area contributed by atoms with Crippen LogP contribution in [0.2, 0.25) is 0 Å². The third-order valence-electron chi connectivity index (χ3n) is 4.84. The number of hydrogen-bond acceptors (Lipinski definition) is 4. The van der Waals surface area contributed by atoms with Crippen molar-refractivity contribution < 1.29 is 26.9 Å². The number of piperidine rings is 1. The minimum absolute atomic E-state index is 0.0179. The van der Waals surface area contributed by atoms with Gasteiger partial charge < -0.3 is 9.42 Å². The highest BCUT2D eigenvalue weighted by Crippen LogP contribution is 2.29. The number of aromatic nitrogens is 2. The second-order valence-corrected chi connectivity index (χ2v) is 6.80. The molecule has 1 amide bonds. The zero-order valence-electron chi connectivity index (χ0n) is 15.0. The van der Waals surface area contributed by atoms with Crippen LogP contribution in [0.3, 0.4) is 0 Å². The van der Waals surface area contributed by atoms with Crippen LogP contribution >= 0.6 is 0 Å². The zero-order valence-corrected chi connectivity index (χ0v) is 15.0. The molecule has 150 valence electrons. The minimum atomic E-state index is -1.09. The van der Waals surface area contributed by atoms with Gasteiger partial charge in [-0.1, -0.05) is 5.16 Å². The maximum atomic E-state index is 13.9. The first-order valence-corrected chi connectivity index (χ1v) is 8.95. The van der Waals surface area contributed by atoms with Gasteiger partial charge in [0.2, 0.25) is 0 Å². The molecule has 1 atom stereocenters. The number of hydrogen-bond donors (Lipinski definition) is 0. The molecule has 1 aliphatic heterocycles. The lowest BCUT2D eigenvalue weighted by Gasteiger charge is -2.31. The largest absolute Gasteiger partial charge is 0.338 e. The molecular formula is C20H15F4N3O2. The normalized spacial score (nSPS) is 16.8. The first-order chi connectivity index (χ1) is 13.9. The van der Waals surface area contributed by atoms with Gasteiger partial charge in [0.15, 0.2) is 17.5 Å². The van der Waals surface area contributed by atoms with Crippen molar-refractivity contribution in [1.82, 2.24) is 15.0 Å². The van der Waals surface area contributed by atoms with Gasteiger partial charge in [-0.3, -0.25) is 4.79 Å². The Bertz CT molecular complexity index is 1070. The van der Waals surface area contributed by atoms with Gasteiger partial charge in [0.25, 0.3) is 11.8 Å². The monoisotopic (exact) mass is 405 g/mol. The molecule has 29 heavy (non-hydrogen) atoms. The molecule has 0 N–H and O–H groups in total. The molecule has 0 aliphatic carbocycles. The Morgan fingerprint density at radius 2 is 1.86 bits per heavy atom. The average Bonchev–Trinajstić information content (AvgIpc) is 3.19. The number of likely N-dealkylation sites (tertiary alicyclic amines) is 1. The number of carbonyl (C=O) groups is 1. The van der Waals surface area contributed by atoms with Gasteiger partial charge in [-0.2, -0.15) is 4.98 Å². The summed E-state index contributed by atoms with van der Waals surface area (Å²) in [4.78, 5) is 18.3. The number of nitrogens with zero attached hydrogens (tertiary/aromatic N) is 3. The summed E-state index contributed by atoms with van der Waals surface area (Å²) in [6.07, 6.45) is 1.32. The molecule has 3 aromatic rings. The Kier molecular flexibility index (Phi) is 5.04. The van der Waals surface area contributed by atoms with Crippen LogP contribution in [-0.4, -0.2) is 34.0 Å². The molecule has 4 rings (SSSR count). The first kappa shape index (κ1) is 19.1. The van der Waals surface area contributed by atoms with E-state index in [1.54, 1.807) is 0 Å². The summed E-state index contributed by atoms with van der Waals surface area (Å²) >= 11 is 0. The van der Waals surface area contributed by atoms with Crippen LogP contribution in [-0.2, 0) is 0 Å². The molecule has 9 heteroatoms. The predicted octanol–water partition coefficient (Wildman–Crippen LogP) is 4.31. The molecule has 1 saturated heterocycles. The van der Waals surface area contributed by atoms with Gasteiger partial charge in [0.05, 0.1) is 5.56 Å². The van der Waals surface area contributed by atoms with Gasteiger partial charge in [0.1, 0.15) is 11.6 Å². The lowest BCUT2D eigenvalue weighted by molar-refractivity contribution is 0.0703. The Morgan fingerprint density at radius 3 is 2.62 bits per heavy atom. The second kappa shape index (κ2) is 7.65. The first-order valence-electron chi connectivity index (χ1n) is 8.95. The van der Waals surface area contributed by atoms with E-state index in [-0.39, 0.29) is 29.5 Å². The smallest absolute Gasteiger partial charge is 0.260 e. The van der Waals surface area contributed by atoms with Gasteiger partial charge in [0, 0.05) is 30.6 Å². The van der Waals surface area contributed by atoms with Gasteiger partial charge in [-0.05, 0) is 43.2 Å². The van der Waals surface area contributed by atoms with Crippen molar-refractivity contribution in [2.24, 2.45) is 0 Å². The summed E-state index contributed by atoms with van der Waals surface area (Å²) in [7, 11) is 0. The summed E-state index contributed by atoms with van der Waals surface area (Å²) in [5.74, 6) is -4.13. The van der Waals surface area contributed by atoms with Gasteiger partial charge in [-0.25, -0.2) is 17.6 Å². The van der Waals surface area contributed by atoms with Crippen molar-refractivity contribution in [1.29, 1.82) is 0 Å². The third-order valence-corrected chi connectivity index (χ3v) is 4.84. The summed E-state index contributed by atoms with van der Waals surface area (Å²) in [5.41, 5.74) is 0.0300. The standard InChI is InChI=1S/C20H15F4N3O2/c21-13-4-5-14(16(23)9-13)19-25-18(26-29-19)12-2-1-7-27(10-12)20(28)11-3-6-15(22)17(24)8-11/h3-6,8-9,12H,1-2,7,10H2. The molecular weight excluding hydrogens is 390 g/mol. The number of halogens is 4. The van der Waals surface area contributed by atoms with Gasteiger partial charge in [-0.15, -0.1) is 0 Å². The van der Waals surface area contributed by atoms with Crippen LogP contribution in [0, 0.1) is 23.3 Å². The highest BCUT2D eigenvalue weighted by Gasteiger charge is 2.29. The van der Waals surface area contributed by atoms with Crippen LogP contribution in [0.15, 0.2) is 40.9 Å². The number of rotatable bonds is 3. The molecule has 0 radical (unpaired) electrons. The van der Waals surface area contributed by atoms with Crippen LogP contribution in [0.4, 0.5) is 17.6 Å². The summed E-state index contributed by atoms with van der Waals surface area (Å²) in [6.45, 7) is 0.703. The van der Waals surface area contributed by atoms with E-state index in [2.05, 4.69) is 10.1 Å². The van der Waals surface area contributed by atoms with E-state index in [4.69, 9.17) is 4.52 Å². The van der Waals surface area contributed by atoms with Crippen molar-refractivity contribution >= 4 is 5.91 Å². The molecule has 2 aromatic carbocycles. The number of amides is 1. The van der Waals surface area contributed by atoms with Crippen molar-refractivity contribution in [3.63, 3.8) is 0 Å². The van der Waals surface area contributed by atoms with Crippen molar-refractivity contribution in [3.05, 3.63) is 71.1 Å². The van der Waals surface area contributed by atoms with Crippen LogP contribution in [0.1, 0.15) is 34.9 Å². The lowest BCUT2D eigenvalue weighted by atomic mass is 9.96. The van der Waals surface area contributed by atoms with E-state index in [1.165, 1.54) is 17.0 Å². The van der Waals surface area contributed by atoms with Gasteiger partial charge >= 0.3 is 0 Å². The Hall–Kier alpha value is -3.23.